The highest BCUT2D eigenvalue weighted by Gasteiger charge is 2.32. The van der Waals surface area contributed by atoms with Gasteiger partial charge >= 0.3 is 0 Å². The maximum Gasteiger partial charge on any atom is 0.147 e. The zero-order valence-corrected chi connectivity index (χ0v) is 14.4. The van der Waals surface area contributed by atoms with Gasteiger partial charge in [0.1, 0.15) is 16.7 Å². The third-order valence-corrected chi connectivity index (χ3v) is 5.63. The van der Waals surface area contributed by atoms with Crippen molar-refractivity contribution in [1.29, 1.82) is 0 Å². The van der Waals surface area contributed by atoms with Crippen molar-refractivity contribution in [3.8, 4) is 10.6 Å². The number of thiazole rings is 1. The lowest BCUT2D eigenvalue weighted by molar-refractivity contribution is 0.205. The van der Waals surface area contributed by atoms with E-state index < -0.39 is 0 Å². The van der Waals surface area contributed by atoms with Crippen molar-refractivity contribution in [3.05, 3.63) is 35.1 Å². The summed E-state index contributed by atoms with van der Waals surface area (Å²) in [6.45, 7) is 3.75. The number of hydrogen-bond acceptors (Lipinski definition) is 6. The predicted molar refractivity (Wildman–Crippen MR) is 90.4 cm³/mol. The van der Waals surface area contributed by atoms with Crippen molar-refractivity contribution >= 4 is 11.3 Å². The Balaban J connectivity index is 1.29. The molecule has 5 rings (SSSR count). The first kappa shape index (κ1) is 14.3. The number of hydrogen-bond donors (Lipinski definition) is 0. The van der Waals surface area contributed by atoms with E-state index in [-0.39, 0.29) is 0 Å². The van der Waals surface area contributed by atoms with Crippen LogP contribution in [0.4, 0.5) is 0 Å². The van der Waals surface area contributed by atoms with E-state index in [2.05, 4.69) is 30.1 Å². The molecule has 1 fully saturated rings. The molecule has 1 aliphatic carbocycles. The minimum Gasteiger partial charge on any atom is -0.312 e. The first-order valence-electron chi connectivity index (χ1n) is 8.34. The van der Waals surface area contributed by atoms with Crippen LogP contribution in [0.15, 0.2) is 17.8 Å². The van der Waals surface area contributed by atoms with Gasteiger partial charge in [-0.2, -0.15) is 5.10 Å². The molecule has 1 saturated carbocycles. The van der Waals surface area contributed by atoms with Crippen molar-refractivity contribution in [2.24, 2.45) is 7.05 Å². The Bertz CT molecular complexity index is 873. The van der Waals surface area contributed by atoms with Crippen LogP contribution in [0.25, 0.3) is 10.6 Å². The lowest BCUT2D eigenvalue weighted by Gasteiger charge is -2.27. The van der Waals surface area contributed by atoms with Crippen LogP contribution in [0.5, 0.6) is 0 Å². The molecule has 7 nitrogen and oxygen atoms in total. The van der Waals surface area contributed by atoms with Gasteiger partial charge in [0.25, 0.3) is 0 Å². The van der Waals surface area contributed by atoms with E-state index >= 15 is 0 Å². The molecule has 0 N–H and O–H groups in total. The van der Waals surface area contributed by atoms with Crippen molar-refractivity contribution in [3.63, 3.8) is 0 Å². The van der Waals surface area contributed by atoms with E-state index in [0.717, 1.165) is 48.3 Å². The Kier molecular flexibility index (Phi) is 3.27. The second-order valence-corrected chi connectivity index (χ2v) is 7.52. The second-order valence-electron chi connectivity index (χ2n) is 6.66. The number of rotatable bonds is 4. The molecule has 0 bridgehead atoms. The monoisotopic (exact) mass is 341 g/mol. The summed E-state index contributed by atoms with van der Waals surface area (Å²) in [5.74, 6) is 2.97. The molecule has 24 heavy (non-hydrogen) atoms. The minimum absolute atomic E-state index is 0.665. The molecule has 1 aliphatic heterocycles. The van der Waals surface area contributed by atoms with E-state index in [1.807, 2.05) is 24.1 Å². The van der Waals surface area contributed by atoms with Gasteiger partial charge in [-0.1, -0.05) is 0 Å². The number of aryl methyl sites for hydroxylation is 1. The van der Waals surface area contributed by atoms with E-state index in [4.69, 9.17) is 4.98 Å². The minimum atomic E-state index is 0.665. The fourth-order valence-electron chi connectivity index (χ4n) is 3.28. The van der Waals surface area contributed by atoms with Crippen LogP contribution < -0.4 is 0 Å². The van der Waals surface area contributed by atoms with Crippen molar-refractivity contribution < 1.29 is 0 Å². The zero-order valence-electron chi connectivity index (χ0n) is 13.6. The smallest absolute Gasteiger partial charge is 0.147 e. The molecule has 0 amide bonds. The molecular formula is C16H19N7S. The summed E-state index contributed by atoms with van der Waals surface area (Å²) in [4.78, 5) is 7.17. The van der Waals surface area contributed by atoms with Crippen LogP contribution in [0.2, 0.25) is 0 Å². The molecule has 3 aromatic heterocycles. The first-order chi connectivity index (χ1) is 11.8. The first-order valence-corrected chi connectivity index (χ1v) is 9.22. The maximum absolute atomic E-state index is 4.77. The van der Waals surface area contributed by atoms with Crippen LogP contribution >= 0.6 is 11.3 Å². The van der Waals surface area contributed by atoms with Gasteiger partial charge in [0.2, 0.25) is 0 Å². The molecule has 0 aromatic carbocycles. The van der Waals surface area contributed by atoms with Crippen LogP contribution in [0.1, 0.15) is 36.1 Å². The predicted octanol–water partition coefficient (Wildman–Crippen LogP) is 2.03. The molecule has 124 valence electrons. The quantitative estimate of drug-likeness (QED) is 0.726. The third kappa shape index (κ3) is 2.55. The normalized spacial score (nSPS) is 18.0. The number of nitrogens with zero attached hydrogens (tertiary/aromatic N) is 7. The van der Waals surface area contributed by atoms with Gasteiger partial charge in [-0.05, 0) is 12.8 Å². The highest BCUT2D eigenvalue weighted by atomic mass is 32.1. The van der Waals surface area contributed by atoms with Crippen LogP contribution in [-0.2, 0) is 26.7 Å². The largest absolute Gasteiger partial charge is 0.312 e. The molecule has 4 heterocycles. The lowest BCUT2D eigenvalue weighted by atomic mass is 10.3. The summed E-state index contributed by atoms with van der Waals surface area (Å²) in [6.07, 6.45) is 6.42. The maximum atomic E-state index is 4.77. The fraction of sp³-hybridized carbons (Fsp3) is 0.500. The molecular weight excluding hydrogens is 322 g/mol. The summed E-state index contributed by atoms with van der Waals surface area (Å²) in [7, 11) is 1.93. The Labute approximate surface area is 144 Å². The summed E-state index contributed by atoms with van der Waals surface area (Å²) < 4.78 is 4.14. The molecule has 0 spiro atoms. The average molecular weight is 341 g/mol. The summed E-state index contributed by atoms with van der Waals surface area (Å²) in [6, 6.07) is 0. The molecule has 0 saturated heterocycles. The van der Waals surface area contributed by atoms with Gasteiger partial charge in [0.15, 0.2) is 0 Å². The van der Waals surface area contributed by atoms with Crippen molar-refractivity contribution in [2.75, 3.05) is 6.54 Å². The zero-order chi connectivity index (χ0) is 16.1. The van der Waals surface area contributed by atoms with Crippen molar-refractivity contribution in [1.82, 2.24) is 34.4 Å². The number of fused-ring (bicyclic) bond motifs is 1. The SMILES string of the molecule is Cn1cc(-c2nc(CN3CCn4c(nnc4C4CC4)C3)cs2)cn1. The van der Waals surface area contributed by atoms with Gasteiger partial charge in [-0.15, -0.1) is 21.5 Å². The standard InChI is InChI=1S/C16H19N7S/c1-21-7-12(6-17-21)16-18-13(10-24-16)8-22-4-5-23-14(9-22)19-20-15(23)11-2-3-11/h6-7,10-11H,2-5,8-9H2,1H3. The summed E-state index contributed by atoms with van der Waals surface area (Å²) in [5, 5.41) is 16.2. The fourth-order valence-corrected chi connectivity index (χ4v) is 4.07. The molecule has 0 atom stereocenters. The van der Waals surface area contributed by atoms with E-state index in [9.17, 15) is 0 Å². The van der Waals surface area contributed by atoms with Crippen LogP contribution in [0, 0.1) is 0 Å². The Morgan fingerprint density at radius 1 is 1.25 bits per heavy atom. The van der Waals surface area contributed by atoms with E-state index in [1.54, 1.807) is 11.3 Å². The molecule has 2 aliphatic rings. The van der Waals surface area contributed by atoms with Gasteiger partial charge in [0, 0.05) is 49.7 Å². The van der Waals surface area contributed by atoms with Crippen molar-refractivity contribution in [2.45, 2.75) is 38.4 Å². The molecule has 3 aromatic rings. The molecule has 0 unspecified atom stereocenters. The Morgan fingerprint density at radius 3 is 2.96 bits per heavy atom. The highest BCUT2D eigenvalue weighted by molar-refractivity contribution is 7.13. The van der Waals surface area contributed by atoms with Crippen LogP contribution in [0.3, 0.4) is 0 Å². The van der Waals surface area contributed by atoms with Gasteiger partial charge in [0.05, 0.1) is 18.4 Å². The van der Waals surface area contributed by atoms with E-state index in [0.29, 0.717) is 5.92 Å². The third-order valence-electron chi connectivity index (χ3n) is 4.69. The van der Waals surface area contributed by atoms with E-state index in [1.165, 1.54) is 18.7 Å². The van der Waals surface area contributed by atoms with Gasteiger partial charge in [-0.3, -0.25) is 9.58 Å². The molecule has 0 radical (unpaired) electrons. The summed E-state index contributed by atoms with van der Waals surface area (Å²) in [5.41, 5.74) is 2.20. The molecule has 8 heteroatoms. The van der Waals surface area contributed by atoms with Gasteiger partial charge < -0.3 is 4.57 Å². The summed E-state index contributed by atoms with van der Waals surface area (Å²) >= 11 is 1.68. The average Bonchev–Trinajstić information content (AvgIpc) is 2.97. The second kappa shape index (κ2) is 5.49. The topological polar surface area (TPSA) is 64.7 Å². The van der Waals surface area contributed by atoms with Crippen LogP contribution in [-0.4, -0.2) is 41.0 Å². The highest BCUT2D eigenvalue weighted by Crippen LogP contribution is 2.39. The van der Waals surface area contributed by atoms with Gasteiger partial charge in [-0.25, -0.2) is 4.98 Å². The Morgan fingerprint density at radius 2 is 2.17 bits per heavy atom. The number of aromatic nitrogens is 6. The lowest BCUT2D eigenvalue weighted by Crippen LogP contribution is -2.34. The Hall–Kier alpha value is -2.06.